The van der Waals surface area contributed by atoms with Gasteiger partial charge in [0.05, 0.1) is 5.92 Å². The third kappa shape index (κ3) is 8.40. The molecule has 0 aromatic heterocycles. The molecule has 2 aromatic carbocycles. The molecule has 2 rings (SSSR count). The number of benzene rings is 2. The quantitative estimate of drug-likeness (QED) is 0.451. The highest BCUT2D eigenvalue weighted by molar-refractivity contribution is 7.99. The lowest BCUT2D eigenvalue weighted by Gasteiger charge is -2.21. The summed E-state index contributed by atoms with van der Waals surface area (Å²) >= 11 is 1.30. The van der Waals surface area contributed by atoms with Gasteiger partial charge in [-0.15, -0.1) is 0 Å². The zero-order chi connectivity index (χ0) is 22.7. The Morgan fingerprint density at radius 3 is 2.20 bits per heavy atom. The highest BCUT2D eigenvalue weighted by atomic mass is 32.2. The molecular weight excluding hydrogens is 411 g/mol. The van der Waals surface area contributed by atoms with Crippen molar-refractivity contribution in [2.24, 2.45) is 5.73 Å². The SMILES string of the molecule is CC.Cc1ccc(-c2cccc(C(CCSCCC(N)C(=O)O)C(F)(F)F)c2)cc1. The molecule has 0 fully saturated rings. The Bertz CT molecular complexity index is 779. The van der Waals surface area contributed by atoms with Crippen molar-refractivity contribution in [2.45, 2.75) is 51.7 Å². The first kappa shape index (κ1) is 26.0. The van der Waals surface area contributed by atoms with Gasteiger partial charge in [-0.2, -0.15) is 24.9 Å². The second-order valence-electron chi connectivity index (χ2n) is 6.72. The van der Waals surface area contributed by atoms with Crippen LogP contribution in [0.2, 0.25) is 0 Å². The Balaban J connectivity index is 0.00000218. The zero-order valence-corrected chi connectivity index (χ0v) is 18.4. The van der Waals surface area contributed by atoms with Gasteiger partial charge in [0.25, 0.3) is 0 Å². The van der Waals surface area contributed by atoms with Crippen molar-refractivity contribution < 1.29 is 23.1 Å². The number of aryl methyl sites for hydroxylation is 1. The number of halogens is 3. The van der Waals surface area contributed by atoms with Crippen LogP contribution in [0.3, 0.4) is 0 Å². The Kier molecular flexibility index (Phi) is 11.0. The second-order valence-corrected chi connectivity index (χ2v) is 7.94. The highest BCUT2D eigenvalue weighted by Gasteiger charge is 2.40. The average molecular weight is 442 g/mol. The van der Waals surface area contributed by atoms with Crippen LogP contribution in [0, 0.1) is 6.92 Å². The molecule has 3 nitrogen and oxygen atoms in total. The molecule has 0 amide bonds. The predicted octanol–water partition coefficient (Wildman–Crippen LogP) is 6.26. The molecule has 0 aliphatic rings. The van der Waals surface area contributed by atoms with E-state index in [4.69, 9.17) is 10.8 Å². The van der Waals surface area contributed by atoms with Crippen LogP contribution < -0.4 is 5.73 Å². The molecule has 0 saturated heterocycles. The lowest BCUT2D eigenvalue weighted by Crippen LogP contribution is -2.30. The van der Waals surface area contributed by atoms with E-state index < -0.39 is 24.1 Å². The largest absolute Gasteiger partial charge is 0.480 e. The lowest BCUT2D eigenvalue weighted by molar-refractivity contribution is -0.150. The first-order valence-electron chi connectivity index (χ1n) is 9.98. The minimum Gasteiger partial charge on any atom is -0.480 e. The van der Waals surface area contributed by atoms with E-state index in [0.717, 1.165) is 16.7 Å². The summed E-state index contributed by atoms with van der Waals surface area (Å²) in [7, 11) is 0. The molecule has 0 saturated carbocycles. The van der Waals surface area contributed by atoms with E-state index in [1.807, 2.05) is 51.1 Å². The number of carboxylic acids is 1. The summed E-state index contributed by atoms with van der Waals surface area (Å²) in [6, 6.07) is 13.3. The zero-order valence-electron chi connectivity index (χ0n) is 17.6. The molecule has 2 atom stereocenters. The molecule has 30 heavy (non-hydrogen) atoms. The second kappa shape index (κ2) is 12.6. The van der Waals surface area contributed by atoms with Gasteiger partial charge >= 0.3 is 12.1 Å². The van der Waals surface area contributed by atoms with Crippen LogP contribution in [0.4, 0.5) is 13.2 Å². The summed E-state index contributed by atoms with van der Waals surface area (Å²) in [4.78, 5) is 10.7. The fourth-order valence-corrected chi connectivity index (χ4v) is 3.86. The molecular formula is C23H30F3NO2S. The van der Waals surface area contributed by atoms with Crippen molar-refractivity contribution >= 4 is 17.7 Å². The molecule has 166 valence electrons. The highest BCUT2D eigenvalue weighted by Crippen LogP contribution is 2.39. The maximum absolute atomic E-state index is 13.6. The van der Waals surface area contributed by atoms with E-state index in [1.54, 1.807) is 12.1 Å². The van der Waals surface area contributed by atoms with Crippen LogP contribution in [0.5, 0.6) is 0 Å². The van der Waals surface area contributed by atoms with Crippen LogP contribution in [-0.4, -0.2) is 34.8 Å². The third-order valence-electron chi connectivity index (χ3n) is 4.51. The van der Waals surface area contributed by atoms with Crippen LogP contribution in [0.25, 0.3) is 11.1 Å². The number of carboxylic acid groups (broad SMARTS) is 1. The molecule has 0 radical (unpaired) electrons. The van der Waals surface area contributed by atoms with Gasteiger partial charge in [-0.25, -0.2) is 0 Å². The molecule has 2 unspecified atom stereocenters. The standard InChI is InChI=1S/C21H24F3NO2S.C2H6/c1-14-5-7-15(8-6-14)16-3-2-4-17(13-16)18(21(22,23)24)9-11-28-12-10-19(25)20(26)27;1-2/h2-8,13,18-19H,9-12,25H2,1H3,(H,26,27);1-2H3. The Morgan fingerprint density at radius 2 is 1.63 bits per heavy atom. The molecule has 0 aliphatic carbocycles. The number of aliphatic carboxylic acids is 1. The number of hydrogen-bond donors (Lipinski definition) is 2. The van der Waals surface area contributed by atoms with Gasteiger partial charge in [0.2, 0.25) is 0 Å². The average Bonchev–Trinajstić information content (AvgIpc) is 2.71. The molecule has 0 spiro atoms. The molecule has 3 N–H and O–H groups in total. The smallest absolute Gasteiger partial charge is 0.395 e. The first-order chi connectivity index (χ1) is 14.2. The Hall–Kier alpha value is -1.99. The topological polar surface area (TPSA) is 63.3 Å². The normalized spacial score (nSPS) is 13.2. The molecule has 0 bridgehead atoms. The fourth-order valence-electron chi connectivity index (χ4n) is 2.84. The number of rotatable bonds is 9. The Labute approximate surface area is 180 Å². The van der Waals surface area contributed by atoms with E-state index in [-0.39, 0.29) is 24.2 Å². The van der Waals surface area contributed by atoms with Crippen molar-refractivity contribution in [1.29, 1.82) is 0 Å². The summed E-state index contributed by atoms with van der Waals surface area (Å²) in [6.07, 6.45) is -4.17. The van der Waals surface area contributed by atoms with Gasteiger partial charge in [0.15, 0.2) is 0 Å². The van der Waals surface area contributed by atoms with Crippen LogP contribution >= 0.6 is 11.8 Å². The maximum atomic E-state index is 13.6. The van der Waals surface area contributed by atoms with Gasteiger partial charge in [-0.05, 0) is 48.0 Å². The number of nitrogens with two attached hydrogens (primary N) is 1. The van der Waals surface area contributed by atoms with Gasteiger partial charge in [0.1, 0.15) is 6.04 Å². The van der Waals surface area contributed by atoms with E-state index >= 15 is 0 Å². The van der Waals surface area contributed by atoms with E-state index in [9.17, 15) is 18.0 Å². The summed E-state index contributed by atoms with van der Waals surface area (Å²) < 4.78 is 40.9. The van der Waals surface area contributed by atoms with Crippen LogP contribution in [0.1, 0.15) is 43.7 Å². The van der Waals surface area contributed by atoms with Crippen LogP contribution in [0.15, 0.2) is 48.5 Å². The number of alkyl halides is 3. The summed E-state index contributed by atoms with van der Waals surface area (Å²) in [5.74, 6) is -1.95. The van der Waals surface area contributed by atoms with Crippen molar-refractivity contribution in [2.75, 3.05) is 11.5 Å². The van der Waals surface area contributed by atoms with E-state index in [0.29, 0.717) is 5.75 Å². The molecule has 0 heterocycles. The van der Waals surface area contributed by atoms with Gasteiger partial charge < -0.3 is 10.8 Å². The van der Waals surface area contributed by atoms with Gasteiger partial charge in [-0.3, -0.25) is 4.79 Å². The lowest BCUT2D eigenvalue weighted by atomic mass is 9.92. The van der Waals surface area contributed by atoms with Crippen molar-refractivity contribution in [3.8, 4) is 11.1 Å². The Morgan fingerprint density at radius 1 is 1.03 bits per heavy atom. The molecule has 2 aromatic rings. The van der Waals surface area contributed by atoms with Crippen molar-refractivity contribution in [3.63, 3.8) is 0 Å². The number of thioether (sulfide) groups is 1. The van der Waals surface area contributed by atoms with Crippen LogP contribution in [-0.2, 0) is 4.79 Å². The summed E-state index contributed by atoms with van der Waals surface area (Å²) in [6.45, 7) is 5.96. The van der Waals surface area contributed by atoms with E-state index in [2.05, 4.69) is 0 Å². The number of hydrogen-bond acceptors (Lipinski definition) is 3. The van der Waals surface area contributed by atoms with Crippen molar-refractivity contribution in [1.82, 2.24) is 0 Å². The van der Waals surface area contributed by atoms with Crippen molar-refractivity contribution in [3.05, 3.63) is 59.7 Å². The maximum Gasteiger partial charge on any atom is 0.395 e. The van der Waals surface area contributed by atoms with Gasteiger partial charge in [0, 0.05) is 0 Å². The summed E-state index contributed by atoms with van der Waals surface area (Å²) in [5.41, 5.74) is 8.38. The third-order valence-corrected chi connectivity index (χ3v) is 5.56. The first-order valence-corrected chi connectivity index (χ1v) is 11.1. The number of carbonyl (C=O) groups is 1. The monoisotopic (exact) mass is 441 g/mol. The fraction of sp³-hybridized carbons (Fsp3) is 0.435. The molecule has 7 heteroatoms. The molecule has 0 aliphatic heterocycles. The summed E-state index contributed by atoms with van der Waals surface area (Å²) in [5, 5.41) is 8.73. The van der Waals surface area contributed by atoms with E-state index in [1.165, 1.54) is 17.8 Å². The van der Waals surface area contributed by atoms with Gasteiger partial charge in [-0.1, -0.05) is 67.9 Å². The minimum absolute atomic E-state index is 0.0617. The predicted molar refractivity (Wildman–Crippen MR) is 119 cm³/mol. The minimum atomic E-state index is -4.34.